The molecule has 0 spiro atoms. The van der Waals surface area contributed by atoms with Crippen LogP contribution in [0.3, 0.4) is 0 Å². The van der Waals surface area contributed by atoms with Crippen LogP contribution in [0, 0.1) is 0 Å². The fourth-order valence-corrected chi connectivity index (χ4v) is 1.91. The van der Waals surface area contributed by atoms with Gasteiger partial charge in [0.1, 0.15) is 9.84 Å². The van der Waals surface area contributed by atoms with Crippen LogP contribution in [0.5, 0.6) is 0 Å². The van der Waals surface area contributed by atoms with Crippen molar-refractivity contribution < 1.29 is 13.2 Å². The Kier molecular flexibility index (Phi) is 6.85. The highest BCUT2D eigenvalue weighted by molar-refractivity contribution is 7.90. The van der Waals surface area contributed by atoms with Gasteiger partial charge in [0.15, 0.2) is 5.11 Å². The van der Waals surface area contributed by atoms with Crippen LogP contribution < -0.4 is 5.32 Å². The van der Waals surface area contributed by atoms with Gasteiger partial charge in [-0.05, 0) is 19.1 Å². The zero-order valence-corrected chi connectivity index (χ0v) is 11.8. The minimum Gasteiger partial charge on any atom is -0.383 e. The normalized spacial score (nSPS) is 13.2. The molecule has 0 aromatic heterocycles. The fraction of sp³-hybridized carbons (Fsp3) is 0.889. The van der Waals surface area contributed by atoms with E-state index in [1.807, 2.05) is 6.92 Å². The lowest BCUT2D eigenvalue weighted by molar-refractivity contribution is 0.178. The van der Waals surface area contributed by atoms with Crippen molar-refractivity contribution in [2.45, 2.75) is 13.0 Å². The van der Waals surface area contributed by atoms with E-state index in [4.69, 9.17) is 17.0 Å². The van der Waals surface area contributed by atoms with Crippen molar-refractivity contribution in [1.82, 2.24) is 10.2 Å². The molecule has 0 heterocycles. The van der Waals surface area contributed by atoms with Crippen LogP contribution in [0.15, 0.2) is 0 Å². The van der Waals surface area contributed by atoms with Crippen molar-refractivity contribution in [3.8, 4) is 0 Å². The van der Waals surface area contributed by atoms with E-state index in [9.17, 15) is 8.42 Å². The number of thiocarbonyl (C=S) groups is 1. The van der Waals surface area contributed by atoms with E-state index in [0.29, 0.717) is 18.3 Å². The second kappa shape index (κ2) is 7.03. The van der Waals surface area contributed by atoms with Crippen LogP contribution in [-0.2, 0) is 14.6 Å². The summed E-state index contributed by atoms with van der Waals surface area (Å²) in [4.78, 5) is 1.71. The molecule has 7 heteroatoms. The van der Waals surface area contributed by atoms with E-state index in [2.05, 4.69) is 5.32 Å². The monoisotopic (exact) mass is 268 g/mol. The van der Waals surface area contributed by atoms with Gasteiger partial charge in [0.25, 0.3) is 0 Å². The maximum atomic E-state index is 11.0. The first-order valence-electron chi connectivity index (χ1n) is 4.94. The average molecular weight is 268 g/mol. The van der Waals surface area contributed by atoms with Gasteiger partial charge in [-0.2, -0.15) is 0 Å². The summed E-state index contributed by atoms with van der Waals surface area (Å²) >= 11 is 5.12. The van der Waals surface area contributed by atoms with Crippen molar-refractivity contribution in [1.29, 1.82) is 0 Å². The van der Waals surface area contributed by atoms with Gasteiger partial charge in [0.05, 0.1) is 12.4 Å². The Balaban J connectivity index is 4.00. The molecule has 96 valence electrons. The maximum absolute atomic E-state index is 11.0. The predicted octanol–water partition coefficient (Wildman–Crippen LogP) is -0.128. The topological polar surface area (TPSA) is 58.6 Å². The Hall–Kier alpha value is -0.400. The Labute approximate surface area is 103 Å². The number of nitrogens with zero attached hydrogens (tertiary/aromatic N) is 1. The van der Waals surface area contributed by atoms with E-state index in [-0.39, 0.29) is 11.8 Å². The van der Waals surface area contributed by atoms with Crippen LogP contribution in [0.4, 0.5) is 0 Å². The smallest absolute Gasteiger partial charge is 0.168 e. The van der Waals surface area contributed by atoms with Crippen LogP contribution in [-0.4, -0.2) is 63.8 Å². The Morgan fingerprint density at radius 2 is 2.12 bits per heavy atom. The Bertz CT molecular complexity index is 317. The molecule has 0 aromatic carbocycles. The molecule has 0 aliphatic carbocycles. The quantitative estimate of drug-likeness (QED) is 0.677. The van der Waals surface area contributed by atoms with Crippen molar-refractivity contribution in [3.05, 3.63) is 0 Å². The maximum Gasteiger partial charge on any atom is 0.168 e. The summed E-state index contributed by atoms with van der Waals surface area (Å²) in [6.07, 6.45) is 1.21. The molecule has 1 unspecified atom stereocenters. The van der Waals surface area contributed by atoms with Gasteiger partial charge >= 0.3 is 0 Å². The SMILES string of the molecule is COCC(C)NC(=S)N(C)CCS(C)(=O)=O. The number of hydrogen-bond acceptors (Lipinski definition) is 4. The Morgan fingerprint density at radius 3 is 2.56 bits per heavy atom. The zero-order chi connectivity index (χ0) is 12.8. The highest BCUT2D eigenvalue weighted by Crippen LogP contribution is 1.92. The van der Waals surface area contributed by atoms with Gasteiger partial charge < -0.3 is 15.0 Å². The average Bonchev–Trinajstić information content (AvgIpc) is 2.13. The number of methoxy groups -OCH3 is 1. The molecule has 0 aliphatic rings. The second-order valence-corrected chi connectivity index (χ2v) is 6.50. The van der Waals surface area contributed by atoms with Crippen LogP contribution in [0.2, 0.25) is 0 Å². The summed E-state index contributed by atoms with van der Waals surface area (Å²) in [6.45, 7) is 2.89. The summed E-state index contributed by atoms with van der Waals surface area (Å²) < 4.78 is 26.9. The third kappa shape index (κ3) is 7.84. The predicted molar refractivity (Wildman–Crippen MR) is 69.4 cm³/mol. The van der Waals surface area contributed by atoms with Gasteiger partial charge in [-0.25, -0.2) is 8.42 Å². The molecule has 0 radical (unpaired) electrons. The summed E-state index contributed by atoms with van der Waals surface area (Å²) in [5.41, 5.74) is 0. The molecule has 0 aliphatic heterocycles. The minimum atomic E-state index is -2.95. The van der Waals surface area contributed by atoms with Crippen molar-refractivity contribution in [2.75, 3.05) is 39.3 Å². The number of nitrogens with one attached hydrogen (secondary N) is 1. The number of sulfone groups is 1. The summed E-state index contributed by atoms with van der Waals surface area (Å²) in [5.74, 6) is 0.101. The molecule has 0 saturated heterocycles. The van der Waals surface area contributed by atoms with E-state index in [1.54, 1.807) is 19.1 Å². The number of rotatable bonds is 6. The fourth-order valence-electron chi connectivity index (χ4n) is 1.02. The molecule has 0 aromatic rings. The molecule has 0 rings (SSSR count). The Morgan fingerprint density at radius 1 is 1.56 bits per heavy atom. The summed E-state index contributed by atoms with van der Waals surface area (Å²) in [5, 5.41) is 3.59. The standard InChI is InChI=1S/C9H20N2O3S2/c1-8(7-14-3)10-9(15)11(2)5-6-16(4,12)13/h8H,5-7H2,1-4H3,(H,10,15). The van der Waals surface area contributed by atoms with E-state index in [0.717, 1.165) is 0 Å². The van der Waals surface area contributed by atoms with E-state index in [1.165, 1.54) is 6.26 Å². The molecule has 16 heavy (non-hydrogen) atoms. The first-order chi connectivity index (χ1) is 7.26. The molecule has 1 N–H and O–H groups in total. The summed E-state index contributed by atoms with van der Waals surface area (Å²) in [7, 11) is 0.438. The van der Waals surface area contributed by atoms with E-state index < -0.39 is 9.84 Å². The van der Waals surface area contributed by atoms with Crippen LogP contribution in [0.1, 0.15) is 6.92 Å². The number of hydrogen-bond donors (Lipinski definition) is 1. The molecule has 0 amide bonds. The highest BCUT2D eigenvalue weighted by atomic mass is 32.2. The lowest BCUT2D eigenvalue weighted by atomic mass is 10.4. The van der Waals surface area contributed by atoms with Gasteiger partial charge in [0.2, 0.25) is 0 Å². The van der Waals surface area contributed by atoms with Crippen LogP contribution in [0.25, 0.3) is 0 Å². The molecule has 0 bridgehead atoms. The largest absolute Gasteiger partial charge is 0.383 e. The first kappa shape index (κ1) is 15.6. The molecule has 0 saturated carbocycles. The zero-order valence-electron chi connectivity index (χ0n) is 10.2. The molecule has 0 fully saturated rings. The molecule has 5 nitrogen and oxygen atoms in total. The highest BCUT2D eigenvalue weighted by Gasteiger charge is 2.10. The third-order valence-corrected chi connectivity index (χ3v) is 3.28. The lowest BCUT2D eigenvalue weighted by Crippen LogP contribution is -2.44. The van der Waals surface area contributed by atoms with Crippen molar-refractivity contribution in [2.24, 2.45) is 0 Å². The van der Waals surface area contributed by atoms with Crippen molar-refractivity contribution in [3.63, 3.8) is 0 Å². The minimum absolute atomic E-state index is 0.101. The molecular weight excluding hydrogens is 248 g/mol. The van der Waals surface area contributed by atoms with Gasteiger partial charge in [-0.15, -0.1) is 0 Å². The summed E-state index contributed by atoms with van der Waals surface area (Å²) in [6, 6.07) is 0.109. The van der Waals surface area contributed by atoms with Gasteiger partial charge in [0, 0.05) is 33.0 Å². The van der Waals surface area contributed by atoms with Gasteiger partial charge in [-0.3, -0.25) is 0 Å². The van der Waals surface area contributed by atoms with E-state index >= 15 is 0 Å². The third-order valence-electron chi connectivity index (χ3n) is 1.93. The number of ether oxygens (including phenoxy) is 1. The lowest BCUT2D eigenvalue weighted by Gasteiger charge is -2.23. The first-order valence-corrected chi connectivity index (χ1v) is 7.41. The molecular formula is C9H20N2O3S2. The second-order valence-electron chi connectivity index (χ2n) is 3.86. The van der Waals surface area contributed by atoms with Crippen molar-refractivity contribution >= 4 is 27.2 Å². The van der Waals surface area contributed by atoms with Gasteiger partial charge in [-0.1, -0.05) is 0 Å². The van der Waals surface area contributed by atoms with Crippen LogP contribution >= 0.6 is 12.2 Å². The molecule has 1 atom stereocenters.